The van der Waals surface area contributed by atoms with Crippen LogP contribution in [-0.4, -0.2) is 23.2 Å². The maximum absolute atomic E-state index is 12.1. The van der Waals surface area contributed by atoms with E-state index in [2.05, 4.69) is 14.9 Å². The number of anilines is 1. The quantitative estimate of drug-likeness (QED) is 0.764. The summed E-state index contributed by atoms with van der Waals surface area (Å²) in [6.07, 6.45) is 1.63. The van der Waals surface area contributed by atoms with Gasteiger partial charge in [-0.05, 0) is 47.5 Å². The Morgan fingerprint density at radius 1 is 1.23 bits per heavy atom. The molecule has 0 saturated heterocycles. The summed E-state index contributed by atoms with van der Waals surface area (Å²) in [5.41, 5.74) is 0.524. The van der Waals surface area contributed by atoms with Crippen molar-refractivity contribution >= 4 is 38.8 Å². The number of sulfonamides is 1. The van der Waals surface area contributed by atoms with Crippen LogP contribution in [0.25, 0.3) is 0 Å². The standard InChI is InChI=1S/C13H12N4O2S3/c1-17-9-14-15-13(17)21-11-6-4-10(5-7-11)16-22(18,19)12-3-2-8-20-12/h2-9,16H,1H3. The van der Waals surface area contributed by atoms with Crippen molar-refractivity contribution in [3.63, 3.8) is 0 Å². The van der Waals surface area contributed by atoms with E-state index in [0.717, 1.165) is 10.1 Å². The molecule has 0 unspecified atom stereocenters. The minimum absolute atomic E-state index is 0.296. The topological polar surface area (TPSA) is 76.9 Å². The van der Waals surface area contributed by atoms with Crippen LogP contribution in [0.5, 0.6) is 0 Å². The molecule has 0 amide bonds. The van der Waals surface area contributed by atoms with Crippen molar-refractivity contribution in [2.75, 3.05) is 4.72 Å². The van der Waals surface area contributed by atoms with Gasteiger partial charge in [-0.15, -0.1) is 21.5 Å². The van der Waals surface area contributed by atoms with Gasteiger partial charge in [-0.1, -0.05) is 6.07 Å². The molecule has 0 aliphatic heterocycles. The Hall–Kier alpha value is -1.84. The summed E-state index contributed by atoms with van der Waals surface area (Å²) in [5, 5.41) is 10.3. The zero-order valence-electron chi connectivity index (χ0n) is 11.5. The summed E-state index contributed by atoms with van der Waals surface area (Å²) in [7, 11) is -1.64. The van der Waals surface area contributed by atoms with Crippen LogP contribution in [0.3, 0.4) is 0 Å². The highest BCUT2D eigenvalue weighted by molar-refractivity contribution is 7.99. The van der Waals surface area contributed by atoms with Gasteiger partial charge in [0, 0.05) is 17.6 Å². The van der Waals surface area contributed by atoms with E-state index in [1.807, 2.05) is 23.7 Å². The second-order valence-corrected chi connectivity index (χ2v) is 8.29. The van der Waals surface area contributed by atoms with Crippen LogP contribution in [-0.2, 0) is 17.1 Å². The molecule has 0 atom stereocenters. The molecule has 0 saturated carbocycles. The first-order valence-electron chi connectivity index (χ1n) is 6.23. The van der Waals surface area contributed by atoms with E-state index < -0.39 is 10.0 Å². The van der Waals surface area contributed by atoms with Crippen molar-refractivity contribution in [2.24, 2.45) is 7.05 Å². The first kappa shape index (κ1) is 15.1. The second-order valence-electron chi connectivity index (χ2n) is 4.39. The van der Waals surface area contributed by atoms with Gasteiger partial charge in [0.2, 0.25) is 0 Å². The van der Waals surface area contributed by atoms with Gasteiger partial charge in [-0.25, -0.2) is 8.42 Å². The Morgan fingerprint density at radius 2 is 2.00 bits per heavy atom. The molecule has 3 rings (SSSR count). The number of hydrogen-bond acceptors (Lipinski definition) is 6. The molecule has 114 valence electrons. The molecule has 0 spiro atoms. The molecule has 1 aromatic carbocycles. The van der Waals surface area contributed by atoms with E-state index in [1.165, 1.54) is 23.1 Å². The fourth-order valence-electron chi connectivity index (χ4n) is 1.68. The molecule has 6 nitrogen and oxygen atoms in total. The highest BCUT2D eigenvalue weighted by Crippen LogP contribution is 2.27. The van der Waals surface area contributed by atoms with Crippen LogP contribution >= 0.6 is 23.1 Å². The minimum atomic E-state index is -3.50. The molecular weight excluding hydrogens is 340 g/mol. The van der Waals surface area contributed by atoms with Crippen molar-refractivity contribution in [3.8, 4) is 0 Å². The van der Waals surface area contributed by atoms with E-state index in [0.29, 0.717) is 9.90 Å². The summed E-state index contributed by atoms with van der Waals surface area (Å²) < 4.78 is 28.9. The van der Waals surface area contributed by atoms with E-state index in [9.17, 15) is 8.42 Å². The minimum Gasteiger partial charge on any atom is -0.311 e. The molecule has 1 N–H and O–H groups in total. The Kier molecular flexibility index (Phi) is 4.19. The van der Waals surface area contributed by atoms with Crippen molar-refractivity contribution < 1.29 is 8.42 Å². The molecule has 3 aromatic rings. The van der Waals surface area contributed by atoms with Crippen molar-refractivity contribution in [1.82, 2.24) is 14.8 Å². The Bertz CT molecular complexity index is 855. The van der Waals surface area contributed by atoms with Gasteiger partial charge < -0.3 is 4.57 Å². The summed E-state index contributed by atoms with van der Waals surface area (Å²) in [6.45, 7) is 0. The largest absolute Gasteiger partial charge is 0.311 e. The van der Waals surface area contributed by atoms with E-state index >= 15 is 0 Å². The van der Waals surface area contributed by atoms with Crippen LogP contribution in [0.4, 0.5) is 5.69 Å². The van der Waals surface area contributed by atoms with E-state index in [-0.39, 0.29) is 0 Å². The summed E-state index contributed by atoms with van der Waals surface area (Å²) in [4.78, 5) is 0.954. The van der Waals surface area contributed by atoms with Gasteiger partial charge in [0.1, 0.15) is 10.5 Å². The van der Waals surface area contributed by atoms with Gasteiger partial charge in [0.25, 0.3) is 10.0 Å². The molecule has 0 bridgehead atoms. The lowest BCUT2D eigenvalue weighted by Gasteiger charge is -2.07. The molecule has 0 fully saturated rings. The van der Waals surface area contributed by atoms with Crippen LogP contribution in [0.15, 0.2) is 62.4 Å². The van der Waals surface area contributed by atoms with Crippen LogP contribution < -0.4 is 4.72 Å². The lowest BCUT2D eigenvalue weighted by molar-refractivity contribution is 0.603. The Morgan fingerprint density at radius 3 is 2.59 bits per heavy atom. The number of nitrogens with one attached hydrogen (secondary N) is 1. The predicted molar refractivity (Wildman–Crippen MR) is 86.7 cm³/mol. The van der Waals surface area contributed by atoms with Gasteiger partial charge in [-0.2, -0.15) is 0 Å². The van der Waals surface area contributed by atoms with Gasteiger partial charge in [0.05, 0.1) is 0 Å². The van der Waals surface area contributed by atoms with E-state index in [4.69, 9.17) is 0 Å². The van der Waals surface area contributed by atoms with Gasteiger partial charge >= 0.3 is 0 Å². The zero-order chi connectivity index (χ0) is 15.6. The third-order valence-electron chi connectivity index (χ3n) is 2.75. The fraction of sp³-hybridized carbons (Fsp3) is 0.0769. The maximum Gasteiger partial charge on any atom is 0.271 e. The molecule has 0 radical (unpaired) electrons. The number of rotatable bonds is 5. The van der Waals surface area contributed by atoms with Gasteiger partial charge in [-0.3, -0.25) is 4.72 Å². The number of thiophene rings is 1. The summed E-state index contributed by atoms with van der Waals surface area (Å²) >= 11 is 2.64. The Balaban J connectivity index is 1.73. The SMILES string of the molecule is Cn1cnnc1Sc1ccc(NS(=O)(=O)c2cccs2)cc1. The van der Waals surface area contributed by atoms with Crippen molar-refractivity contribution in [2.45, 2.75) is 14.3 Å². The number of aromatic nitrogens is 3. The molecule has 0 aliphatic rings. The monoisotopic (exact) mass is 352 g/mol. The molecular formula is C13H12N4O2S3. The predicted octanol–water partition coefficient (Wildman–Crippen LogP) is 2.83. The average Bonchev–Trinajstić information content (AvgIpc) is 3.14. The normalized spacial score (nSPS) is 11.5. The fourth-order valence-corrected chi connectivity index (χ4v) is 4.50. The number of hydrogen-bond donors (Lipinski definition) is 1. The number of benzene rings is 1. The Labute approximate surface area is 136 Å². The highest BCUT2D eigenvalue weighted by Gasteiger charge is 2.15. The zero-order valence-corrected chi connectivity index (χ0v) is 14.0. The van der Waals surface area contributed by atoms with Crippen molar-refractivity contribution in [1.29, 1.82) is 0 Å². The second kappa shape index (κ2) is 6.11. The first-order chi connectivity index (χ1) is 10.5. The highest BCUT2D eigenvalue weighted by atomic mass is 32.2. The molecule has 2 aromatic heterocycles. The molecule has 9 heteroatoms. The smallest absolute Gasteiger partial charge is 0.271 e. The third-order valence-corrected chi connectivity index (χ3v) is 6.58. The lowest BCUT2D eigenvalue weighted by Crippen LogP contribution is -2.11. The summed E-state index contributed by atoms with van der Waals surface area (Å²) in [6, 6.07) is 10.4. The number of nitrogens with zero attached hydrogens (tertiary/aromatic N) is 3. The molecule has 22 heavy (non-hydrogen) atoms. The third kappa shape index (κ3) is 3.32. The average molecular weight is 352 g/mol. The lowest BCUT2D eigenvalue weighted by atomic mass is 10.3. The molecule has 2 heterocycles. The summed E-state index contributed by atoms with van der Waals surface area (Å²) in [5.74, 6) is 0. The van der Waals surface area contributed by atoms with Crippen molar-refractivity contribution in [3.05, 3.63) is 48.1 Å². The van der Waals surface area contributed by atoms with Crippen LogP contribution in [0, 0.1) is 0 Å². The maximum atomic E-state index is 12.1. The van der Waals surface area contributed by atoms with E-state index in [1.54, 1.807) is 36.0 Å². The molecule has 0 aliphatic carbocycles. The van der Waals surface area contributed by atoms with Crippen LogP contribution in [0.1, 0.15) is 0 Å². The van der Waals surface area contributed by atoms with Gasteiger partial charge in [0.15, 0.2) is 5.16 Å². The first-order valence-corrected chi connectivity index (χ1v) is 9.41. The number of aryl methyl sites for hydroxylation is 1. The van der Waals surface area contributed by atoms with Crippen LogP contribution in [0.2, 0.25) is 0 Å².